The van der Waals surface area contributed by atoms with Gasteiger partial charge >= 0.3 is 6.03 Å². The second kappa shape index (κ2) is 6.44. The van der Waals surface area contributed by atoms with Crippen molar-refractivity contribution in [1.82, 2.24) is 16.0 Å². The molecule has 4 amide bonds. The molecule has 1 unspecified atom stereocenters. The van der Waals surface area contributed by atoms with Gasteiger partial charge in [-0.15, -0.1) is 11.6 Å². The normalized spacial score (nSPS) is 12.5. The molecule has 0 aliphatic heterocycles. The molecule has 0 aromatic heterocycles. The molecule has 0 heterocycles. The lowest BCUT2D eigenvalue weighted by atomic mass is 10.1. The van der Waals surface area contributed by atoms with Crippen LogP contribution in [-0.2, 0) is 9.59 Å². The number of halogens is 1. The maximum atomic E-state index is 11.6. The molecule has 0 aliphatic carbocycles. The summed E-state index contributed by atoms with van der Waals surface area (Å²) in [7, 11) is 0. The third-order valence-corrected chi connectivity index (χ3v) is 1.86. The van der Waals surface area contributed by atoms with Crippen LogP contribution in [0.1, 0.15) is 27.7 Å². The van der Waals surface area contributed by atoms with Crippen molar-refractivity contribution in [3.05, 3.63) is 0 Å². The van der Waals surface area contributed by atoms with E-state index in [4.69, 9.17) is 11.6 Å². The van der Waals surface area contributed by atoms with Crippen LogP contribution >= 0.6 is 11.6 Å². The van der Waals surface area contributed by atoms with Crippen LogP contribution in [0.3, 0.4) is 0 Å². The third kappa shape index (κ3) is 7.57. The van der Waals surface area contributed by atoms with E-state index in [1.165, 1.54) is 6.92 Å². The molecule has 0 saturated carbocycles. The Morgan fingerprint density at radius 2 is 1.76 bits per heavy atom. The summed E-state index contributed by atoms with van der Waals surface area (Å²) >= 11 is 5.21. The molecule has 0 aliphatic rings. The predicted octanol–water partition coefficient (Wildman–Crippen LogP) is 0.354. The Kier molecular flexibility index (Phi) is 5.95. The molecule has 7 heteroatoms. The first kappa shape index (κ1) is 15.7. The molecule has 3 N–H and O–H groups in total. The third-order valence-electron chi connectivity index (χ3n) is 1.61. The van der Waals surface area contributed by atoms with E-state index < -0.39 is 18.0 Å². The van der Waals surface area contributed by atoms with Crippen molar-refractivity contribution in [3.63, 3.8) is 0 Å². The van der Waals surface area contributed by atoms with Gasteiger partial charge in [-0.2, -0.15) is 0 Å². The van der Waals surface area contributed by atoms with Crippen molar-refractivity contribution in [1.29, 1.82) is 0 Å². The molecule has 0 rings (SSSR count). The van der Waals surface area contributed by atoms with E-state index >= 15 is 0 Å². The van der Waals surface area contributed by atoms with E-state index in [-0.39, 0.29) is 17.3 Å². The van der Waals surface area contributed by atoms with Crippen LogP contribution in [0.4, 0.5) is 4.79 Å². The van der Waals surface area contributed by atoms with Gasteiger partial charge in [-0.25, -0.2) is 4.79 Å². The first-order valence-corrected chi connectivity index (χ1v) is 5.67. The van der Waals surface area contributed by atoms with Gasteiger partial charge in [0, 0.05) is 5.54 Å². The van der Waals surface area contributed by atoms with Crippen molar-refractivity contribution >= 4 is 29.4 Å². The summed E-state index contributed by atoms with van der Waals surface area (Å²) in [5, 5.41) is 7.00. The van der Waals surface area contributed by atoms with Crippen LogP contribution in [0.5, 0.6) is 0 Å². The first-order valence-electron chi connectivity index (χ1n) is 5.14. The fraction of sp³-hybridized carbons (Fsp3) is 0.700. The molecule has 0 saturated heterocycles. The number of nitrogens with one attached hydrogen (secondary N) is 3. The minimum absolute atomic E-state index is 0.310. The summed E-state index contributed by atoms with van der Waals surface area (Å²) in [5.41, 5.74) is -0.380. The molecular weight excluding hydrogens is 246 g/mol. The van der Waals surface area contributed by atoms with Crippen LogP contribution in [-0.4, -0.2) is 35.3 Å². The fourth-order valence-electron chi connectivity index (χ4n) is 0.936. The van der Waals surface area contributed by atoms with Crippen LogP contribution in [0.2, 0.25) is 0 Å². The van der Waals surface area contributed by atoms with Gasteiger partial charge in [-0.1, -0.05) is 0 Å². The highest BCUT2D eigenvalue weighted by Gasteiger charge is 2.20. The number of amides is 4. The predicted molar refractivity (Wildman–Crippen MR) is 64.8 cm³/mol. The summed E-state index contributed by atoms with van der Waals surface area (Å²) < 4.78 is 0. The lowest BCUT2D eigenvalue weighted by molar-refractivity contribution is -0.124. The molecular formula is C10H18ClN3O3. The number of imide groups is 1. The summed E-state index contributed by atoms with van der Waals surface area (Å²) in [5.74, 6) is -1.26. The van der Waals surface area contributed by atoms with Crippen LogP contribution in [0.15, 0.2) is 0 Å². The van der Waals surface area contributed by atoms with E-state index in [1.807, 2.05) is 26.1 Å². The number of rotatable bonds is 3. The van der Waals surface area contributed by atoms with Crippen molar-refractivity contribution in [2.24, 2.45) is 0 Å². The Morgan fingerprint density at radius 3 is 2.18 bits per heavy atom. The van der Waals surface area contributed by atoms with Crippen LogP contribution in [0.25, 0.3) is 0 Å². The van der Waals surface area contributed by atoms with Crippen LogP contribution < -0.4 is 16.0 Å². The quantitative estimate of drug-likeness (QED) is 0.642. The minimum atomic E-state index is -0.743. The van der Waals surface area contributed by atoms with Gasteiger partial charge in [0.2, 0.25) is 11.8 Å². The van der Waals surface area contributed by atoms with Gasteiger partial charge in [0.1, 0.15) is 11.9 Å². The highest BCUT2D eigenvalue weighted by atomic mass is 35.5. The summed E-state index contributed by atoms with van der Waals surface area (Å²) in [6, 6.07) is -1.48. The molecule has 0 fully saturated rings. The molecule has 0 bridgehead atoms. The van der Waals surface area contributed by atoms with E-state index in [0.29, 0.717) is 0 Å². The topological polar surface area (TPSA) is 87.3 Å². The van der Waals surface area contributed by atoms with Gasteiger partial charge in [0.05, 0.1) is 0 Å². The van der Waals surface area contributed by atoms with E-state index in [2.05, 4.69) is 10.6 Å². The van der Waals surface area contributed by atoms with E-state index in [0.717, 1.165) is 0 Å². The molecule has 0 radical (unpaired) electrons. The lowest BCUT2D eigenvalue weighted by Crippen LogP contribution is -2.53. The Labute approximate surface area is 105 Å². The molecule has 0 aromatic carbocycles. The van der Waals surface area contributed by atoms with Crippen molar-refractivity contribution in [2.45, 2.75) is 39.3 Å². The number of carbonyl (C=O) groups is 3. The monoisotopic (exact) mass is 263 g/mol. The van der Waals surface area contributed by atoms with Gasteiger partial charge in [-0.3, -0.25) is 14.9 Å². The standard InChI is InChI=1S/C10H18ClN3O3/c1-6(8(16)14-10(2,3)4)12-9(17)13-7(15)5-11/h6H,5H2,1-4H3,(H,14,16)(H2,12,13,15,17). The van der Waals surface area contributed by atoms with Crippen molar-refractivity contribution < 1.29 is 14.4 Å². The Balaban J connectivity index is 4.17. The molecule has 1 atom stereocenters. The largest absolute Gasteiger partial charge is 0.350 e. The number of urea groups is 1. The second-order valence-corrected chi connectivity index (χ2v) is 4.88. The zero-order valence-corrected chi connectivity index (χ0v) is 11.1. The highest BCUT2D eigenvalue weighted by molar-refractivity contribution is 6.28. The van der Waals surface area contributed by atoms with Crippen LogP contribution in [0, 0.1) is 0 Å². The molecule has 0 spiro atoms. The van der Waals surface area contributed by atoms with Gasteiger partial charge < -0.3 is 10.6 Å². The Hall–Kier alpha value is -1.30. The Bertz CT molecular complexity index is 312. The van der Waals surface area contributed by atoms with Crippen molar-refractivity contribution in [3.8, 4) is 0 Å². The van der Waals surface area contributed by atoms with Gasteiger partial charge in [0.15, 0.2) is 0 Å². The summed E-state index contributed by atoms with van der Waals surface area (Å²) in [6.45, 7) is 7.00. The number of hydrogen-bond acceptors (Lipinski definition) is 3. The average Bonchev–Trinajstić information content (AvgIpc) is 2.14. The second-order valence-electron chi connectivity index (χ2n) is 4.62. The number of alkyl halides is 1. The van der Waals surface area contributed by atoms with E-state index in [9.17, 15) is 14.4 Å². The van der Waals surface area contributed by atoms with Gasteiger partial charge in [-0.05, 0) is 27.7 Å². The average molecular weight is 264 g/mol. The van der Waals surface area contributed by atoms with E-state index in [1.54, 1.807) is 0 Å². The smallest absolute Gasteiger partial charge is 0.322 e. The lowest BCUT2D eigenvalue weighted by Gasteiger charge is -2.23. The number of carbonyl (C=O) groups excluding carboxylic acids is 3. The fourth-order valence-corrected chi connectivity index (χ4v) is 1.00. The Morgan fingerprint density at radius 1 is 1.24 bits per heavy atom. The maximum Gasteiger partial charge on any atom is 0.322 e. The summed E-state index contributed by atoms with van der Waals surface area (Å²) in [6.07, 6.45) is 0. The van der Waals surface area contributed by atoms with Crippen molar-refractivity contribution in [2.75, 3.05) is 5.88 Å². The molecule has 17 heavy (non-hydrogen) atoms. The zero-order valence-electron chi connectivity index (χ0n) is 10.4. The number of hydrogen-bond donors (Lipinski definition) is 3. The molecule has 6 nitrogen and oxygen atoms in total. The zero-order chi connectivity index (χ0) is 13.6. The minimum Gasteiger partial charge on any atom is -0.350 e. The maximum absolute atomic E-state index is 11.6. The summed E-state index contributed by atoms with van der Waals surface area (Å²) in [4.78, 5) is 33.6. The highest BCUT2D eigenvalue weighted by Crippen LogP contribution is 1.99. The SMILES string of the molecule is CC(NC(=O)NC(=O)CCl)C(=O)NC(C)(C)C. The molecule has 0 aromatic rings. The molecule has 98 valence electrons. The first-order chi connectivity index (χ1) is 7.65. The van der Waals surface area contributed by atoms with Gasteiger partial charge in [0.25, 0.3) is 0 Å².